The molecule has 0 radical (unpaired) electrons. The summed E-state index contributed by atoms with van der Waals surface area (Å²) in [4.78, 5) is 15.6. The fraction of sp³-hybridized carbons (Fsp3) is 0.357. The average molecular weight is 262 g/mol. The summed E-state index contributed by atoms with van der Waals surface area (Å²) in [5.74, 6) is 0.0130. The summed E-state index contributed by atoms with van der Waals surface area (Å²) >= 11 is 0. The Bertz CT molecular complexity index is 580. The maximum atomic E-state index is 13.5. The van der Waals surface area contributed by atoms with E-state index in [2.05, 4.69) is 10.1 Å². The average Bonchev–Trinajstić information content (AvgIpc) is 2.81. The molecule has 1 aromatic carbocycles. The number of aromatic nitrogens is 2. The van der Waals surface area contributed by atoms with Gasteiger partial charge in [0.25, 0.3) is 0 Å². The largest absolute Gasteiger partial charge is 0.339 e. The van der Waals surface area contributed by atoms with Crippen molar-refractivity contribution in [1.29, 1.82) is 0 Å². The van der Waals surface area contributed by atoms with Gasteiger partial charge in [0.1, 0.15) is 11.6 Å². The maximum Gasteiger partial charge on any atom is 0.237 e. The lowest BCUT2D eigenvalue weighted by Crippen LogP contribution is -2.08. The van der Waals surface area contributed by atoms with Gasteiger partial charge in [-0.15, -0.1) is 0 Å². The van der Waals surface area contributed by atoms with Crippen LogP contribution in [0.3, 0.4) is 0 Å². The first kappa shape index (κ1) is 13.4. The van der Waals surface area contributed by atoms with Crippen LogP contribution in [-0.4, -0.2) is 15.9 Å². The first-order valence-corrected chi connectivity index (χ1v) is 6.18. The molecule has 2 rings (SSSR count). The minimum atomic E-state index is -0.373. The summed E-state index contributed by atoms with van der Waals surface area (Å²) in [5.41, 5.74) is 0.505. The molecule has 19 heavy (non-hydrogen) atoms. The van der Waals surface area contributed by atoms with E-state index >= 15 is 0 Å². The molecule has 0 fully saturated rings. The monoisotopic (exact) mass is 262 g/mol. The van der Waals surface area contributed by atoms with Crippen LogP contribution in [0.25, 0.3) is 0 Å². The molecule has 0 aliphatic heterocycles. The molecule has 0 amide bonds. The highest BCUT2D eigenvalue weighted by molar-refractivity contribution is 5.82. The molecule has 2 aromatic rings. The fourth-order valence-electron chi connectivity index (χ4n) is 1.93. The van der Waals surface area contributed by atoms with Gasteiger partial charge in [0, 0.05) is 6.42 Å². The van der Waals surface area contributed by atoms with Crippen LogP contribution in [-0.2, 0) is 11.2 Å². The molecule has 1 heterocycles. The fourth-order valence-corrected chi connectivity index (χ4v) is 1.93. The van der Waals surface area contributed by atoms with E-state index in [1.165, 1.54) is 13.0 Å². The highest BCUT2D eigenvalue weighted by atomic mass is 19.1. The maximum absolute atomic E-state index is 13.5. The summed E-state index contributed by atoms with van der Waals surface area (Å²) in [6.07, 6.45) is 0.862. The van der Waals surface area contributed by atoms with Crippen LogP contribution in [0, 0.1) is 5.82 Å². The number of halogens is 1. The second kappa shape index (κ2) is 5.73. The lowest BCUT2D eigenvalue weighted by atomic mass is 10.0. The molecule has 0 saturated carbocycles. The summed E-state index contributed by atoms with van der Waals surface area (Å²) < 4.78 is 18.6. The van der Waals surface area contributed by atoms with Gasteiger partial charge in [0.2, 0.25) is 5.89 Å². The predicted octanol–water partition coefficient (Wildman–Crippen LogP) is 2.88. The molecule has 5 heteroatoms. The quantitative estimate of drug-likeness (QED) is 0.831. The van der Waals surface area contributed by atoms with E-state index in [4.69, 9.17) is 4.52 Å². The smallest absolute Gasteiger partial charge is 0.237 e. The molecule has 0 saturated heterocycles. The van der Waals surface area contributed by atoms with Crippen LogP contribution in [0.15, 0.2) is 28.8 Å². The standard InChI is InChI=1S/C14H15FN2O2/c1-3-11(9(2)18)14-16-13(17-19-14)8-10-6-4-5-7-12(10)15/h4-7,11H,3,8H2,1-2H3. The Kier molecular flexibility index (Phi) is 4.04. The van der Waals surface area contributed by atoms with Gasteiger partial charge < -0.3 is 4.52 Å². The summed E-state index contributed by atoms with van der Waals surface area (Å²) in [6.45, 7) is 3.38. The first-order valence-electron chi connectivity index (χ1n) is 6.18. The van der Waals surface area contributed by atoms with E-state index < -0.39 is 0 Å². The van der Waals surface area contributed by atoms with Crippen molar-refractivity contribution in [3.63, 3.8) is 0 Å². The SMILES string of the molecule is CCC(C(C)=O)c1nc(Cc2ccccc2F)no1. The number of carbonyl (C=O) groups is 1. The third kappa shape index (κ3) is 3.05. The summed E-state index contributed by atoms with van der Waals surface area (Å²) in [7, 11) is 0. The Balaban J connectivity index is 2.18. The van der Waals surface area contributed by atoms with Crippen LogP contribution >= 0.6 is 0 Å². The molecular formula is C14H15FN2O2. The van der Waals surface area contributed by atoms with Crippen molar-refractivity contribution < 1.29 is 13.7 Å². The number of hydrogen-bond acceptors (Lipinski definition) is 4. The number of benzene rings is 1. The van der Waals surface area contributed by atoms with Crippen molar-refractivity contribution in [2.45, 2.75) is 32.6 Å². The molecule has 0 aliphatic rings. The van der Waals surface area contributed by atoms with Gasteiger partial charge >= 0.3 is 0 Å². The number of hydrogen-bond donors (Lipinski definition) is 0. The summed E-state index contributed by atoms with van der Waals surface area (Å²) in [5, 5.41) is 3.80. The van der Waals surface area contributed by atoms with E-state index in [9.17, 15) is 9.18 Å². The van der Waals surface area contributed by atoms with Crippen molar-refractivity contribution in [1.82, 2.24) is 10.1 Å². The lowest BCUT2D eigenvalue weighted by molar-refractivity contribution is -0.119. The number of ketones is 1. The van der Waals surface area contributed by atoms with Gasteiger partial charge in [-0.25, -0.2) is 4.39 Å². The molecular weight excluding hydrogens is 247 g/mol. The number of nitrogens with zero attached hydrogens (tertiary/aromatic N) is 2. The van der Waals surface area contributed by atoms with Crippen molar-refractivity contribution in [3.05, 3.63) is 47.4 Å². The third-order valence-corrected chi connectivity index (χ3v) is 2.99. The van der Waals surface area contributed by atoms with E-state index in [-0.39, 0.29) is 23.9 Å². The molecule has 1 atom stereocenters. The molecule has 100 valence electrons. The van der Waals surface area contributed by atoms with Gasteiger partial charge in [0.05, 0.1) is 5.92 Å². The molecule has 1 unspecified atom stereocenters. The molecule has 1 aromatic heterocycles. The van der Waals surface area contributed by atoms with Crippen LogP contribution in [0.4, 0.5) is 4.39 Å². The predicted molar refractivity (Wildman–Crippen MR) is 67.2 cm³/mol. The van der Waals surface area contributed by atoms with Crippen LogP contribution in [0.1, 0.15) is 43.5 Å². The number of rotatable bonds is 5. The second-order valence-electron chi connectivity index (χ2n) is 4.39. The molecule has 0 N–H and O–H groups in total. The van der Waals surface area contributed by atoms with Crippen molar-refractivity contribution in [3.8, 4) is 0 Å². The minimum Gasteiger partial charge on any atom is -0.339 e. The van der Waals surface area contributed by atoms with Gasteiger partial charge in [-0.2, -0.15) is 4.98 Å². The zero-order chi connectivity index (χ0) is 13.8. The third-order valence-electron chi connectivity index (χ3n) is 2.99. The zero-order valence-electron chi connectivity index (χ0n) is 10.9. The van der Waals surface area contributed by atoms with Crippen LogP contribution in [0.5, 0.6) is 0 Å². The Morgan fingerprint density at radius 3 is 2.79 bits per heavy atom. The highest BCUT2D eigenvalue weighted by Crippen LogP contribution is 2.19. The number of carbonyl (C=O) groups excluding carboxylic acids is 1. The van der Waals surface area contributed by atoms with Crippen LogP contribution < -0.4 is 0 Å². The first-order chi connectivity index (χ1) is 9.11. The second-order valence-corrected chi connectivity index (χ2v) is 4.39. The number of Topliss-reactive ketones (excluding diaryl/α,β-unsaturated/α-hetero) is 1. The van der Waals surface area contributed by atoms with Crippen molar-refractivity contribution in [2.75, 3.05) is 0 Å². The zero-order valence-corrected chi connectivity index (χ0v) is 10.9. The molecule has 0 spiro atoms. The lowest BCUT2D eigenvalue weighted by Gasteiger charge is -2.03. The topological polar surface area (TPSA) is 56.0 Å². The van der Waals surface area contributed by atoms with Crippen LogP contribution in [0.2, 0.25) is 0 Å². The molecule has 0 aliphatic carbocycles. The normalized spacial score (nSPS) is 12.4. The minimum absolute atomic E-state index is 0.0106. The molecule has 4 nitrogen and oxygen atoms in total. The van der Waals surface area contributed by atoms with Gasteiger partial charge in [-0.05, 0) is 25.0 Å². The Morgan fingerprint density at radius 1 is 1.42 bits per heavy atom. The Labute approximate surface area is 110 Å². The van der Waals surface area contributed by atoms with E-state index in [0.717, 1.165) is 0 Å². The molecule has 0 bridgehead atoms. The van der Waals surface area contributed by atoms with E-state index in [0.29, 0.717) is 23.7 Å². The van der Waals surface area contributed by atoms with Gasteiger partial charge in [0.15, 0.2) is 5.82 Å². The van der Waals surface area contributed by atoms with E-state index in [1.54, 1.807) is 18.2 Å². The van der Waals surface area contributed by atoms with Gasteiger partial charge in [-0.3, -0.25) is 4.79 Å². The van der Waals surface area contributed by atoms with Crippen molar-refractivity contribution in [2.24, 2.45) is 0 Å². The Hall–Kier alpha value is -2.04. The Morgan fingerprint density at radius 2 is 2.16 bits per heavy atom. The highest BCUT2D eigenvalue weighted by Gasteiger charge is 2.21. The van der Waals surface area contributed by atoms with Gasteiger partial charge in [-0.1, -0.05) is 30.3 Å². The summed E-state index contributed by atoms with van der Waals surface area (Å²) in [6, 6.07) is 6.45. The van der Waals surface area contributed by atoms with E-state index in [1.807, 2.05) is 6.92 Å². The van der Waals surface area contributed by atoms with Crippen molar-refractivity contribution >= 4 is 5.78 Å².